The first-order chi connectivity index (χ1) is 7.13. The minimum atomic E-state index is -0.782. The summed E-state index contributed by atoms with van der Waals surface area (Å²) in [6, 6.07) is 0. The van der Waals surface area contributed by atoms with Gasteiger partial charge in [-0.15, -0.1) is 0 Å². The van der Waals surface area contributed by atoms with Crippen LogP contribution in [-0.4, -0.2) is 36.4 Å². The lowest BCUT2D eigenvalue weighted by Gasteiger charge is -2.28. The van der Waals surface area contributed by atoms with Crippen molar-refractivity contribution in [3.63, 3.8) is 0 Å². The van der Waals surface area contributed by atoms with Crippen molar-refractivity contribution in [1.29, 1.82) is 0 Å². The van der Waals surface area contributed by atoms with Gasteiger partial charge in [0, 0.05) is 13.2 Å². The van der Waals surface area contributed by atoms with Crippen LogP contribution in [0.15, 0.2) is 0 Å². The zero-order chi connectivity index (χ0) is 11.7. The number of carbonyl (C=O) groups is 1. The van der Waals surface area contributed by atoms with Gasteiger partial charge in [0.05, 0.1) is 6.61 Å². The van der Waals surface area contributed by atoms with Crippen LogP contribution in [0.5, 0.6) is 0 Å². The number of rotatable bonds is 9. The van der Waals surface area contributed by atoms with Gasteiger partial charge in [-0.05, 0) is 19.3 Å². The van der Waals surface area contributed by atoms with Crippen molar-refractivity contribution in [2.24, 2.45) is 0 Å². The van der Waals surface area contributed by atoms with E-state index in [4.69, 9.17) is 9.84 Å². The topological polar surface area (TPSA) is 58.6 Å². The number of hydrogen-bond acceptors (Lipinski definition) is 3. The van der Waals surface area contributed by atoms with Crippen molar-refractivity contribution in [2.45, 2.75) is 45.6 Å². The Morgan fingerprint density at radius 2 is 1.87 bits per heavy atom. The van der Waals surface area contributed by atoms with Crippen LogP contribution in [-0.2, 0) is 9.53 Å². The van der Waals surface area contributed by atoms with Gasteiger partial charge in [0.25, 0.3) is 0 Å². The number of ether oxygens (including phenoxy) is 1. The molecule has 0 aromatic heterocycles. The molecule has 0 unspecified atom stereocenters. The van der Waals surface area contributed by atoms with E-state index in [1.165, 1.54) is 0 Å². The van der Waals surface area contributed by atoms with Gasteiger partial charge < -0.3 is 9.84 Å². The molecule has 0 spiro atoms. The van der Waals surface area contributed by atoms with Crippen molar-refractivity contribution in [2.75, 3.05) is 19.8 Å². The summed E-state index contributed by atoms with van der Waals surface area (Å²) in [6.45, 7) is 7.72. The maximum absolute atomic E-state index is 11.1. The summed E-state index contributed by atoms with van der Waals surface area (Å²) >= 11 is 0. The third-order valence-corrected chi connectivity index (χ3v) is 2.67. The smallest absolute Gasteiger partial charge is 0.323 e. The van der Waals surface area contributed by atoms with Crippen molar-refractivity contribution in [3.05, 3.63) is 0 Å². The molecule has 0 aromatic carbocycles. The molecule has 0 radical (unpaired) electrons. The normalized spacial score (nSPS) is 11.7. The number of nitrogens with one attached hydrogen (secondary N) is 1. The van der Waals surface area contributed by atoms with E-state index in [9.17, 15) is 4.79 Å². The number of hydrogen-bond donors (Lipinski definition) is 2. The highest BCUT2D eigenvalue weighted by atomic mass is 16.5. The average Bonchev–Trinajstić information content (AvgIpc) is 2.23. The lowest BCUT2D eigenvalue weighted by molar-refractivity contribution is -0.145. The molecule has 90 valence electrons. The molecule has 0 saturated carbocycles. The zero-order valence-electron chi connectivity index (χ0n) is 10.0. The first-order valence-electron chi connectivity index (χ1n) is 5.69. The Morgan fingerprint density at radius 3 is 2.27 bits per heavy atom. The molecule has 0 amide bonds. The summed E-state index contributed by atoms with van der Waals surface area (Å²) in [7, 11) is 0. The van der Waals surface area contributed by atoms with Gasteiger partial charge in [0.2, 0.25) is 0 Å². The molecule has 2 N–H and O–H groups in total. The van der Waals surface area contributed by atoms with Gasteiger partial charge in [-0.3, -0.25) is 10.1 Å². The van der Waals surface area contributed by atoms with Crippen molar-refractivity contribution >= 4 is 5.97 Å². The summed E-state index contributed by atoms with van der Waals surface area (Å²) in [5, 5.41) is 12.2. The summed E-state index contributed by atoms with van der Waals surface area (Å²) in [4.78, 5) is 11.1. The third kappa shape index (κ3) is 4.62. The molecule has 4 heteroatoms. The Balaban J connectivity index is 3.91. The van der Waals surface area contributed by atoms with Gasteiger partial charge in [-0.25, -0.2) is 0 Å². The van der Waals surface area contributed by atoms with Crippen molar-refractivity contribution < 1.29 is 14.6 Å². The molecule has 15 heavy (non-hydrogen) atoms. The van der Waals surface area contributed by atoms with Crippen molar-refractivity contribution in [1.82, 2.24) is 5.32 Å². The first kappa shape index (κ1) is 14.4. The first-order valence-corrected chi connectivity index (χ1v) is 5.69. The van der Waals surface area contributed by atoms with Gasteiger partial charge in [0.1, 0.15) is 5.54 Å². The van der Waals surface area contributed by atoms with E-state index in [1.54, 1.807) is 0 Å². The fraction of sp³-hybridized carbons (Fsp3) is 0.909. The van der Waals surface area contributed by atoms with Crippen LogP contribution in [0.1, 0.15) is 40.0 Å². The van der Waals surface area contributed by atoms with Gasteiger partial charge >= 0.3 is 5.97 Å². The monoisotopic (exact) mass is 217 g/mol. The quantitative estimate of drug-likeness (QED) is 0.576. The molecule has 0 aliphatic carbocycles. The van der Waals surface area contributed by atoms with E-state index in [2.05, 4.69) is 5.32 Å². The minimum absolute atomic E-state index is 0.572. The van der Waals surface area contributed by atoms with Crippen LogP contribution in [0, 0.1) is 0 Å². The molecule has 0 bridgehead atoms. The van der Waals surface area contributed by atoms with Crippen LogP contribution in [0.4, 0.5) is 0 Å². The maximum Gasteiger partial charge on any atom is 0.323 e. The molecular formula is C11H23NO3. The third-order valence-electron chi connectivity index (χ3n) is 2.67. The highest BCUT2D eigenvalue weighted by Crippen LogP contribution is 2.14. The predicted molar refractivity (Wildman–Crippen MR) is 60.1 cm³/mol. The summed E-state index contributed by atoms with van der Waals surface area (Å²) in [5.41, 5.74) is -0.782. The largest absolute Gasteiger partial charge is 0.480 e. The van der Waals surface area contributed by atoms with E-state index in [1.807, 2.05) is 20.8 Å². The number of aliphatic carboxylic acids is 1. The molecule has 0 rings (SSSR count). The Kier molecular flexibility index (Phi) is 7.34. The molecule has 0 heterocycles. The minimum Gasteiger partial charge on any atom is -0.480 e. The Labute approximate surface area is 92.0 Å². The SMILES string of the molecule is CCCOCCNC(CC)(CC)C(=O)O. The fourth-order valence-electron chi connectivity index (χ4n) is 1.49. The average molecular weight is 217 g/mol. The highest BCUT2D eigenvalue weighted by molar-refractivity contribution is 5.78. The highest BCUT2D eigenvalue weighted by Gasteiger charge is 2.33. The molecule has 0 fully saturated rings. The zero-order valence-corrected chi connectivity index (χ0v) is 10.0. The number of carboxylic acid groups (broad SMARTS) is 1. The van der Waals surface area contributed by atoms with Gasteiger partial charge in [0.15, 0.2) is 0 Å². The number of carboxylic acids is 1. The second kappa shape index (κ2) is 7.65. The van der Waals surface area contributed by atoms with Crippen LogP contribution in [0.2, 0.25) is 0 Å². The van der Waals surface area contributed by atoms with Gasteiger partial charge in [-0.1, -0.05) is 20.8 Å². The summed E-state index contributed by atoms with van der Waals surface area (Å²) in [5.74, 6) is -0.775. The molecular weight excluding hydrogens is 194 g/mol. The van der Waals surface area contributed by atoms with E-state index >= 15 is 0 Å². The Morgan fingerprint density at radius 1 is 1.27 bits per heavy atom. The van der Waals surface area contributed by atoms with Crippen molar-refractivity contribution in [3.8, 4) is 0 Å². The van der Waals surface area contributed by atoms with Crippen LogP contribution < -0.4 is 5.32 Å². The predicted octanol–water partition coefficient (Wildman–Crippen LogP) is 1.65. The molecule has 0 aromatic rings. The van der Waals surface area contributed by atoms with Crippen LogP contribution >= 0.6 is 0 Å². The summed E-state index contributed by atoms with van der Waals surface area (Å²) in [6.07, 6.45) is 2.17. The van der Waals surface area contributed by atoms with E-state index in [0.29, 0.717) is 26.0 Å². The second-order valence-electron chi connectivity index (χ2n) is 3.63. The Hall–Kier alpha value is -0.610. The van der Waals surface area contributed by atoms with Crippen LogP contribution in [0.3, 0.4) is 0 Å². The second-order valence-corrected chi connectivity index (χ2v) is 3.63. The molecule has 0 aliphatic heterocycles. The van der Waals surface area contributed by atoms with Crippen LogP contribution in [0.25, 0.3) is 0 Å². The molecule has 0 saturated heterocycles. The summed E-state index contributed by atoms with van der Waals surface area (Å²) < 4.78 is 5.29. The lowest BCUT2D eigenvalue weighted by atomic mass is 9.93. The van der Waals surface area contributed by atoms with Gasteiger partial charge in [-0.2, -0.15) is 0 Å². The molecule has 0 aliphatic rings. The Bertz CT molecular complexity index is 179. The molecule has 0 atom stereocenters. The van der Waals surface area contributed by atoms with E-state index in [-0.39, 0.29) is 0 Å². The molecule has 4 nitrogen and oxygen atoms in total. The van der Waals surface area contributed by atoms with E-state index in [0.717, 1.165) is 13.0 Å². The van der Waals surface area contributed by atoms with E-state index < -0.39 is 11.5 Å². The fourth-order valence-corrected chi connectivity index (χ4v) is 1.49. The standard InChI is InChI=1S/C11H23NO3/c1-4-8-15-9-7-12-11(5-2,6-3)10(13)14/h12H,4-9H2,1-3H3,(H,13,14). The lowest BCUT2D eigenvalue weighted by Crippen LogP contribution is -2.52. The maximum atomic E-state index is 11.1.